The summed E-state index contributed by atoms with van der Waals surface area (Å²) in [5, 5.41) is 0. The molecule has 1 heteroatoms. The van der Waals surface area contributed by atoms with Crippen molar-refractivity contribution in [1.82, 2.24) is 0 Å². The Bertz CT molecular complexity index is 707. The van der Waals surface area contributed by atoms with Gasteiger partial charge in [-0.05, 0) is 74.3 Å². The maximum absolute atomic E-state index is 2.41. The van der Waals surface area contributed by atoms with Crippen molar-refractivity contribution in [1.29, 1.82) is 0 Å². The highest BCUT2D eigenvalue weighted by Gasteiger charge is 2.30. The first-order valence-electron chi connectivity index (χ1n) is 10.6. The van der Waals surface area contributed by atoms with Gasteiger partial charge in [0.2, 0.25) is 0 Å². The summed E-state index contributed by atoms with van der Waals surface area (Å²) in [7, 11) is 0. The molecular weight excluding hydrogens is 344 g/mol. The SMILES string of the molecule is CCC(C)CC.Cc1cccc(C2(C)CCc3cc(C)c(C)cc3CS2)c1. The van der Waals surface area contributed by atoms with Crippen LogP contribution in [0.2, 0.25) is 0 Å². The average Bonchev–Trinajstić information content (AvgIpc) is 2.82. The molecule has 0 N–H and O–H groups in total. The number of rotatable bonds is 3. The molecule has 2 aromatic rings. The number of benzene rings is 2. The minimum absolute atomic E-state index is 0.229. The first-order chi connectivity index (χ1) is 12.8. The van der Waals surface area contributed by atoms with Crippen molar-refractivity contribution in [3.8, 4) is 0 Å². The monoisotopic (exact) mass is 382 g/mol. The first-order valence-corrected chi connectivity index (χ1v) is 11.6. The van der Waals surface area contributed by atoms with Gasteiger partial charge in [-0.3, -0.25) is 0 Å². The van der Waals surface area contributed by atoms with Crippen LogP contribution >= 0.6 is 11.8 Å². The largest absolute Gasteiger partial charge is 0.146 e. The van der Waals surface area contributed by atoms with Crippen LogP contribution in [-0.2, 0) is 16.9 Å². The number of hydrogen-bond acceptors (Lipinski definition) is 1. The van der Waals surface area contributed by atoms with Gasteiger partial charge in [0.05, 0.1) is 0 Å². The van der Waals surface area contributed by atoms with E-state index in [0.29, 0.717) is 0 Å². The molecule has 1 aliphatic heterocycles. The van der Waals surface area contributed by atoms with Gasteiger partial charge < -0.3 is 0 Å². The Morgan fingerprint density at radius 3 is 2.15 bits per heavy atom. The molecule has 148 valence electrons. The van der Waals surface area contributed by atoms with E-state index in [1.54, 1.807) is 11.1 Å². The zero-order valence-electron chi connectivity index (χ0n) is 18.5. The Morgan fingerprint density at radius 1 is 0.963 bits per heavy atom. The molecule has 27 heavy (non-hydrogen) atoms. The second-order valence-electron chi connectivity index (χ2n) is 8.52. The highest BCUT2D eigenvalue weighted by atomic mass is 32.2. The quantitative estimate of drug-likeness (QED) is 0.516. The third-order valence-corrected chi connectivity index (χ3v) is 7.79. The van der Waals surface area contributed by atoms with Gasteiger partial charge >= 0.3 is 0 Å². The van der Waals surface area contributed by atoms with E-state index < -0.39 is 0 Å². The number of thioether (sulfide) groups is 1. The van der Waals surface area contributed by atoms with E-state index in [9.17, 15) is 0 Å². The van der Waals surface area contributed by atoms with E-state index in [4.69, 9.17) is 0 Å². The zero-order chi connectivity index (χ0) is 20.0. The van der Waals surface area contributed by atoms with Crippen LogP contribution < -0.4 is 0 Å². The molecule has 2 aromatic carbocycles. The third-order valence-electron chi connectivity index (χ3n) is 6.26. The van der Waals surface area contributed by atoms with Crippen molar-refractivity contribution < 1.29 is 0 Å². The molecule has 0 amide bonds. The van der Waals surface area contributed by atoms with Gasteiger partial charge in [0.1, 0.15) is 0 Å². The molecule has 0 bridgehead atoms. The van der Waals surface area contributed by atoms with Crippen LogP contribution in [0.15, 0.2) is 36.4 Å². The second-order valence-corrected chi connectivity index (χ2v) is 9.99. The third kappa shape index (κ3) is 5.88. The maximum Gasteiger partial charge on any atom is 0.0386 e. The van der Waals surface area contributed by atoms with Gasteiger partial charge in [-0.15, -0.1) is 11.8 Å². The van der Waals surface area contributed by atoms with Crippen molar-refractivity contribution in [2.45, 2.75) is 84.6 Å². The van der Waals surface area contributed by atoms with Crippen molar-refractivity contribution in [3.05, 3.63) is 69.8 Å². The molecule has 0 aliphatic carbocycles. The molecule has 1 unspecified atom stereocenters. The Balaban J connectivity index is 0.000000380. The van der Waals surface area contributed by atoms with E-state index in [0.717, 1.165) is 11.7 Å². The van der Waals surface area contributed by atoms with Crippen LogP contribution in [0.3, 0.4) is 0 Å². The predicted molar refractivity (Wildman–Crippen MR) is 124 cm³/mol. The van der Waals surface area contributed by atoms with Gasteiger partial charge in [-0.1, -0.05) is 75.6 Å². The Hall–Kier alpha value is -1.21. The van der Waals surface area contributed by atoms with E-state index in [-0.39, 0.29) is 4.75 Å². The van der Waals surface area contributed by atoms with Gasteiger partial charge in [-0.25, -0.2) is 0 Å². The molecule has 1 heterocycles. The Labute approximate surface area is 172 Å². The lowest BCUT2D eigenvalue weighted by Crippen LogP contribution is -2.17. The molecule has 0 radical (unpaired) electrons. The lowest BCUT2D eigenvalue weighted by Gasteiger charge is -2.28. The molecular formula is C26H38S. The molecule has 0 nitrogen and oxygen atoms in total. The van der Waals surface area contributed by atoms with Crippen LogP contribution in [0, 0.1) is 26.7 Å². The van der Waals surface area contributed by atoms with Crippen molar-refractivity contribution in [3.63, 3.8) is 0 Å². The van der Waals surface area contributed by atoms with E-state index in [1.807, 2.05) is 0 Å². The fourth-order valence-corrected chi connectivity index (χ4v) is 4.76. The van der Waals surface area contributed by atoms with Crippen LogP contribution in [0.4, 0.5) is 0 Å². The summed E-state index contributed by atoms with van der Waals surface area (Å²) >= 11 is 2.11. The molecule has 3 rings (SSSR count). The van der Waals surface area contributed by atoms with Crippen molar-refractivity contribution in [2.75, 3.05) is 0 Å². The van der Waals surface area contributed by atoms with Gasteiger partial charge in [0.15, 0.2) is 0 Å². The predicted octanol–water partition coefficient (Wildman–Crippen LogP) is 8.15. The normalized spacial score (nSPS) is 19.1. The lowest BCUT2D eigenvalue weighted by atomic mass is 9.90. The Kier molecular flexibility index (Phi) is 8.04. The van der Waals surface area contributed by atoms with Crippen LogP contribution in [0.25, 0.3) is 0 Å². The van der Waals surface area contributed by atoms with Gasteiger partial charge in [0.25, 0.3) is 0 Å². The average molecular weight is 383 g/mol. The van der Waals surface area contributed by atoms with Crippen LogP contribution in [0.1, 0.15) is 80.3 Å². The van der Waals surface area contributed by atoms with E-state index >= 15 is 0 Å². The molecule has 1 atom stereocenters. The first kappa shape index (κ1) is 22.1. The second kappa shape index (κ2) is 9.82. The van der Waals surface area contributed by atoms with Crippen LogP contribution in [-0.4, -0.2) is 0 Å². The summed E-state index contributed by atoms with van der Waals surface area (Å²) < 4.78 is 0.229. The molecule has 0 saturated heterocycles. The fourth-order valence-electron chi connectivity index (χ4n) is 3.48. The van der Waals surface area contributed by atoms with E-state index in [1.165, 1.54) is 47.9 Å². The highest BCUT2D eigenvalue weighted by molar-refractivity contribution is 7.99. The van der Waals surface area contributed by atoms with Gasteiger partial charge in [-0.2, -0.15) is 0 Å². The molecule has 0 fully saturated rings. The highest BCUT2D eigenvalue weighted by Crippen LogP contribution is 2.45. The molecule has 0 aromatic heterocycles. The summed E-state index contributed by atoms with van der Waals surface area (Å²) in [5.74, 6) is 2.06. The van der Waals surface area contributed by atoms with Crippen molar-refractivity contribution >= 4 is 11.8 Å². The minimum Gasteiger partial charge on any atom is -0.146 e. The summed E-state index contributed by atoms with van der Waals surface area (Å²) in [6, 6.07) is 13.9. The summed E-state index contributed by atoms with van der Waals surface area (Å²) in [4.78, 5) is 0. The Morgan fingerprint density at radius 2 is 1.59 bits per heavy atom. The summed E-state index contributed by atoms with van der Waals surface area (Å²) in [6.07, 6.45) is 5.07. The molecule has 0 saturated carbocycles. The molecule has 1 aliphatic rings. The van der Waals surface area contributed by atoms with Gasteiger partial charge in [0, 0.05) is 10.5 Å². The topological polar surface area (TPSA) is 0 Å². The minimum atomic E-state index is 0.229. The lowest BCUT2D eigenvalue weighted by molar-refractivity contribution is 0.544. The standard InChI is InChI=1S/C20H24S.C6H14/c1-14-6-5-7-19(10-14)20(4)9-8-17-11-15(2)16(3)12-18(17)13-21-20;1-4-6(3)5-2/h5-7,10-12H,8-9,13H2,1-4H3;6H,4-5H2,1-3H3. The van der Waals surface area contributed by atoms with Crippen LogP contribution in [0.5, 0.6) is 0 Å². The number of fused-ring (bicyclic) bond motifs is 1. The van der Waals surface area contributed by atoms with Crippen molar-refractivity contribution in [2.24, 2.45) is 5.92 Å². The zero-order valence-corrected chi connectivity index (χ0v) is 19.3. The maximum atomic E-state index is 2.41. The smallest absolute Gasteiger partial charge is 0.0386 e. The fraction of sp³-hybridized carbons (Fsp3) is 0.538. The van der Waals surface area contributed by atoms with E-state index in [2.05, 4.69) is 96.6 Å². The number of hydrogen-bond donors (Lipinski definition) is 0. The summed E-state index contributed by atoms with van der Waals surface area (Å²) in [6.45, 7) is 15.8. The summed E-state index contributed by atoms with van der Waals surface area (Å²) in [5.41, 5.74) is 8.80. The number of aryl methyl sites for hydroxylation is 4. The molecule has 0 spiro atoms.